The van der Waals surface area contributed by atoms with Crippen molar-refractivity contribution in [1.82, 2.24) is 4.90 Å². The Morgan fingerprint density at radius 1 is 1.24 bits per heavy atom. The van der Waals surface area contributed by atoms with Crippen LogP contribution < -0.4 is 0 Å². The first-order chi connectivity index (χ1) is 9.73. The molecule has 0 aromatic rings. The van der Waals surface area contributed by atoms with Crippen LogP contribution in [0.25, 0.3) is 0 Å². The lowest BCUT2D eigenvalue weighted by atomic mass is 9.92. The van der Waals surface area contributed by atoms with Gasteiger partial charge in [-0.3, -0.25) is 9.59 Å². The number of hydrogen-bond acceptors (Lipinski definition) is 5. The van der Waals surface area contributed by atoms with Gasteiger partial charge >= 0.3 is 12.1 Å². The van der Waals surface area contributed by atoms with Crippen molar-refractivity contribution in [1.29, 1.82) is 0 Å². The highest BCUT2D eigenvalue weighted by molar-refractivity contribution is 5.97. The molecule has 1 rings (SSSR count). The molecule has 120 valence electrons. The van der Waals surface area contributed by atoms with E-state index < -0.39 is 17.7 Å². The third kappa shape index (κ3) is 6.14. The maximum atomic E-state index is 12.1. The second kappa shape index (κ2) is 7.43. The molecular formula is C15H25NO5. The number of likely N-dealkylation sites (tertiary alicyclic amines) is 1. The number of carbonyl (C=O) groups excluding carboxylic acids is 3. The van der Waals surface area contributed by atoms with Crippen molar-refractivity contribution in [2.75, 3.05) is 19.7 Å². The average Bonchev–Trinajstić information content (AvgIpc) is 2.37. The fourth-order valence-corrected chi connectivity index (χ4v) is 2.23. The van der Waals surface area contributed by atoms with Crippen LogP contribution in [-0.2, 0) is 19.1 Å². The molecule has 6 heteroatoms. The zero-order valence-electron chi connectivity index (χ0n) is 13.3. The normalized spacial score (nSPS) is 19.0. The number of ketones is 1. The molecule has 1 aliphatic heterocycles. The predicted octanol–water partition coefficient (Wildman–Crippen LogP) is 2.16. The number of Topliss-reactive ketones (excluding diaryl/α,β-unsaturated/α-hetero) is 1. The van der Waals surface area contributed by atoms with Crippen LogP contribution in [0, 0.1) is 5.92 Å². The lowest BCUT2D eigenvalue weighted by molar-refractivity contribution is -0.146. The van der Waals surface area contributed by atoms with Gasteiger partial charge in [0.25, 0.3) is 0 Å². The molecular weight excluding hydrogens is 274 g/mol. The number of nitrogens with zero attached hydrogens (tertiary/aromatic N) is 1. The van der Waals surface area contributed by atoms with E-state index in [4.69, 9.17) is 9.47 Å². The molecule has 1 aliphatic rings. The molecule has 0 radical (unpaired) electrons. The Hall–Kier alpha value is -1.59. The summed E-state index contributed by atoms with van der Waals surface area (Å²) in [5, 5.41) is 0. The van der Waals surface area contributed by atoms with Crippen molar-refractivity contribution in [2.45, 2.75) is 52.6 Å². The molecule has 1 heterocycles. The van der Waals surface area contributed by atoms with Crippen molar-refractivity contribution in [3.63, 3.8) is 0 Å². The summed E-state index contributed by atoms with van der Waals surface area (Å²) >= 11 is 0. The molecule has 0 aliphatic carbocycles. The van der Waals surface area contributed by atoms with Gasteiger partial charge in [0, 0.05) is 19.0 Å². The number of ether oxygens (including phenoxy) is 2. The van der Waals surface area contributed by atoms with Crippen LogP contribution in [0.5, 0.6) is 0 Å². The van der Waals surface area contributed by atoms with Gasteiger partial charge in [-0.2, -0.15) is 0 Å². The third-order valence-corrected chi connectivity index (χ3v) is 3.15. The Balaban J connectivity index is 2.53. The molecule has 1 atom stereocenters. The molecule has 1 fully saturated rings. The summed E-state index contributed by atoms with van der Waals surface area (Å²) in [5.74, 6) is -0.978. The summed E-state index contributed by atoms with van der Waals surface area (Å²) in [5.41, 5.74) is -0.557. The zero-order chi connectivity index (χ0) is 16.0. The van der Waals surface area contributed by atoms with Crippen LogP contribution in [-0.4, -0.2) is 48.0 Å². The van der Waals surface area contributed by atoms with Crippen LogP contribution in [0.3, 0.4) is 0 Å². The monoisotopic (exact) mass is 299 g/mol. The van der Waals surface area contributed by atoms with E-state index >= 15 is 0 Å². The molecule has 0 aromatic carbocycles. The lowest BCUT2D eigenvalue weighted by Crippen LogP contribution is -2.44. The number of esters is 1. The summed E-state index contributed by atoms with van der Waals surface area (Å²) < 4.78 is 10.1. The van der Waals surface area contributed by atoms with Crippen LogP contribution in [0.1, 0.15) is 47.0 Å². The maximum absolute atomic E-state index is 12.1. The molecule has 0 unspecified atom stereocenters. The number of amides is 1. The van der Waals surface area contributed by atoms with E-state index in [-0.39, 0.29) is 24.7 Å². The van der Waals surface area contributed by atoms with E-state index in [1.165, 1.54) is 0 Å². The molecule has 0 aromatic heterocycles. The number of piperidine rings is 1. The highest BCUT2D eigenvalue weighted by Gasteiger charge is 2.31. The summed E-state index contributed by atoms with van der Waals surface area (Å²) in [6.45, 7) is 8.27. The number of rotatable bonds is 4. The SMILES string of the molecule is CCOC(=O)CC(=O)[C@@H]1CCCN(C(=O)OC(C)(C)C)C1. The van der Waals surface area contributed by atoms with E-state index in [9.17, 15) is 14.4 Å². The van der Waals surface area contributed by atoms with Crippen LogP contribution >= 0.6 is 0 Å². The van der Waals surface area contributed by atoms with Gasteiger partial charge in [-0.05, 0) is 40.5 Å². The molecule has 0 spiro atoms. The molecule has 0 saturated carbocycles. The van der Waals surface area contributed by atoms with Crippen LogP contribution in [0.2, 0.25) is 0 Å². The smallest absolute Gasteiger partial charge is 0.410 e. The minimum absolute atomic E-state index is 0.165. The van der Waals surface area contributed by atoms with Crippen LogP contribution in [0.15, 0.2) is 0 Å². The number of carbonyl (C=O) groups is 3. The second-order valence-electron chi connectivity index (χ2n) is 6.21. The van der Waals surface area contributed by atoms with Gasteiger partial charge in [0.15, 0.2) is 0 Å². The predicted molar refractivity (Wildman–Crippen MR) is 76.8 cm³/mol. The topological polar surface area (TPSA) is 72.9 Å². The van der Waals surface area contributed by atoms with Crippen molar-refractivity contribution in [3.05, 3.63) is 0 Å². The van der Waals surface area contributed by atoms with Gasteiger partial charge < -0.3 is 14.4 Å². The van der Waals surface area contributed by atoms with E-state index in [0.29, 0.717) is 19.5 Å². The Morgan fingerprint density at radius 2 is 1.90 bits per heavy atom. The second-order valence-corrected chi connectivity index (χ2v) is 6.21. The van der Waals surface area contributed by atoms with Gasteiger partial charge in [0.2, 0.25) is 0 Å². The molecule has 1 amide bonds. The molecule has 1 saturated heterocycles. The largest absolute Gasteiger partial charge is 0.466 e. The molecule has 0 bridgehead atoms. The van der Waals surface area contributed by atoms with E-state index in [2.05, 4.69) is 0 Å². The Labute approximate surface area is 125 Å². The summed E-state index contributed by atoms with van der Waals surface area (Å²) in [7, 11) is 0. The van der Waals surface area contributed by atoms with Gasteiger partial charge in [-0.15, -0.1) is 0 Å². The van der Waals surface area contributed by atoms with E-state index in [1.807, 2.05) is 0 Å². The average molecular weight is 299 g/mol. The van der Waals surface area contributed by atoms with Crippen molar-refractivity contribution in [3.8, 4) is 0 Å². The molecule has 6 nitrogen and oxygen atoms in total. The van der Waals surface area contributed by atoms with Gasteiger partial charge in [0.05, 0.1) is 6.61 Å². The quantitative estimate of drug-likeness (QED) is 0.587. The lowest BCUT2D eigenvalue weighted by Gasteiger charge is -2.33. The highest BCUT2D eigenvalue weighted by atomic mass is 16.6. The fourth-order valence-electron chi connectivity index (χ4n) is 2.23. The standard InChI is InChI=1S/C15H25NO5/c1-5-20-13(18)9-12(17)11-7-6-8-16(10-11)14(19)21-15(2,3)4/h11H,5-10H2,1-4H3/t11-/m1/s1. The van der Waals surface area contributed by atoms with Crippen molar-refractivity contribution < 1.29 is 23.9 Å². The Morgan fingerprint density at radius 3 is 2.48 bits per heavy atom. The molecule has 0 N–H and O–H groups in total. The summed E-state index contributed by atoms with van der Waals surface area (Å²) in [4.78, 5) is 37.0. The van der Waals surface area contributed by atoms with Gasteiger partial charge in [0.1, 0.15) is 17.8 Å². The highest BCUT2D eigenvalue weighted by Crippen LogP contribution is 2.21. The zero-order valence-corrected chi connectivity index (χ0v) is 13.3. The molecule has 21 heavy (non-hydrogen) atoms. The minimum atomic E-state index is -0.557. The fraction of sp³-hybridized carbons (Fsp3) is 0.800. The Bertz CT molecular complexity index is 399. The number of hydrogen-bond donors (Lipinski definition) is 0. The minimum Gasteiger partial charge on any atom is -0.466 e. The van der Waals surface area contributed by atoms with E-state index in [0.717, 1.165) is 6.42 Å². The van der Waals surface area contributed by atoms with Crippen LogP contribution in [0.4, 0.5) is 4.79 Å². The maximum Gasteiger partial charge on any atom is 0.410 e. The van der Waals surface area contributed by atoms with Gasteiger partial charge in [-0.25, -0.2) is 4.79 Å². The first kappa shape index (κ1) is 17.5. The van der Waals surface area contributed by atoms with Gasteiger partial charge in [-0.1, -0.05) is 0 Å². The third-order valence-electron chi connectivity index (χ3n) is 3.15. The summed E-state index contributed by atoms with van der Waals surface area (Å²) in [6, 6.07) is 0. The first-order valence-electron chi connectivity index (χ1n) is 7.39. The van der Waals surface area contributed by atoms with E-state index in [1.54, 1.807) is 32.6 Å². The first-order valence-corrected chi connectivity index (χ1v) is 7.39. The van der Waals surface area contributed by atoms with Crippen molar-refractivity contribution in [2.24, 2.45) is 5.92 Å². The summed E-state index contributed by atoms with van der Waals surface area (Å²) in [6.07, 6.45) is 0.799. The Kier molecular flexibility index (Phi) is 6.18. The van der Waals surface area contributed by atoms with Crippen molar-refractivity contribution >= 4 is 17.8 Å².